The maximum Gasteiger partial charge on any atom is 0.292 e. The summed E-state index contributed by atoms with van der Waals surface area (Å²) in [5, 5.41) is 14.4. The largest absolute Gasteiger partial charge is 0.399 e. The van der Waals surface area contributed by atoms with Crippen molar-refractivity contribution >= 4 is 17.1 Å². The molecule has 0 saturated carbocycles. The summed E-state index contributed by atoms with van der Waals surface area (Å²) in [6.07, 6.45) is 3.02. The summed E-state index contributed by atoms with van der Waals surface area (Å²) in [4.78, 5) is 10.8. The fourth-order valence-electron chi connectivity index (χ4n) is 2.93. The maximum absolute atomic E-state index is 11.1. The van der Waals surface area contributed by atoms with Crippen molar-refractivity contribution in [3.8, 4) is 0 Å². The van der Waals surface area contributed by atoms with Crippen molar-refractivity contribution in [1.82, 2.24) is 0 Å². The highest BCUT2D eigenvalue weighted by Crippen LogP contribution is 2.35. The minimum absolute atomic E-state index is 0.0930. The van der Waals surface area contributed by atoms with E-state index in [1.807, 2.05) is 24.3 Å². The van der Waals surface area contributed by atoms with Gasteiger partial charge in [0.1, 0.15) is 5.69 Å². The molecular weight excluding hydrogens is 266 g/mol. The summed E-state index contributed by atoms with van der Waals surface area (Å²) in [5.74, 6) is 0. The van der Waals surface area contributed by atoms with Gasteiger partial charge in [0.25, 0.3) is 5.69 Å². The number of nitrogens with two attached hydrogens (primary N) is 1. The van der Waals surface area contributed by atoms with Crippen LogP contribution < -0.4 is 11.1 Å². The molecule has 3 rings (SSSR count). The number of rotatable bonds is 3. The van der Waals surface area contributed by atoms with Crippen molar-refractivity contribution in [2.45, 2.75) is 25.3 Å². The molecule has 2 aromatic carbocycles. The van der Waals surface area contributed by atoms with E-state index in [0.717, 1.165) is 24.9 Å². The van der Waals surface area contributed by atoms with Gasteiger partial charge in [-0.2, -0.15) is 0 Å². The van der Waals surface area contributed by atoms with Gasteiger partial charge in [-0.3, -0.25) is 10.1 Å². The number of fused-ring (bicyclic) bond motifs is 1. The number of anilines is 2. The van der Waals surface area contributed by atoms with Crippen molar-refractivity contribution in [3.05, 3.63) is 63.7 Å². The van der Waals surface area contributed by atoms with Crippen LogP contribution in [0.4, 0.5) is 17.1 Å². The third kappa shape index (κ3) is 2.67. The number of nitro benzene ring substituents is 1. The van der Waals surface area contributed by atoms with Crippen LogP contribution in [0.1, 0.15) is 30.0 Å². The Balaban J connectivity index is 1.92. The van der Waals surface area contributed by atoms with Crippen molar-refractivity contribution in [1.29, 1.82) is 0 Å². The van der Waals surface area contributed by atoms with E-state index in [4.69, 9.17) is 5.73 Å². The zero-order valence-electron chi connectivity index (χ0n) is 11.6. The van der Waals surface area contributed by atoms with Crippen molar-refractivity contribution in [2.24, 2.45) is 0 Å². The van der Waals surface area contributed by atoms with Crippen LogP contribution in [0.15, 0.2) is 42.5 Å². The second-order valence-corrected chi connectivity index (χ2v) is 5.32. The molecule has 0 fully saturated rings. The van der Waals surface area contributed by atoms with Crippen LogP contribution in [0.5, 0.6) is 0 Å². The third-order valence-electron chi connectivity index (χ3n) is 3.91. The summed E-state index contributed by atoms with van der Waals surface area (Å²) >= 11 is 0. The third-order valence-corrected chi connectivity index (χ3v) is 3.91. The molecular formula is C16H17N3O2. The zero-order chi connectivity index (χ0) is 14.8. The minimum atomic E-state index is -0.352. The molecule has 0 spiro atoms. The number of hydrogen-bond acceptors (Lipinski definition) is 4. The van der Waals surface area contributed by atoms with Gasteiger partial charge in [0.2, 0.25) is 0 Å². The highest BCUT2D eigenvalue weighted by Gasteiger charge is 2.22. The first-order valence-corrected chi connectivity index (χ1v) is 7.03. The Morgan fingerprint density at radius 1 is 1.24 bits per heavy atom. The molecule has 0 saturated heterocycles. The Labute approximate surface area is 122 Å². The van der Waals surface area contributed by atoms with Gasteiger partial charge in [-0.05, 0) is 48.6 Å². The lowest BCUT2D eigenvalue weighted by molar-refractivity contribution is -0.384. The summed E-state index contributed by atoms with van der Waals surface area (Å²) in [6, 6.07) is 12.8. The average molecular weight is 283 g/mol. The van der Waals surface area contributed by atoms with E-state index < -0.39 is 0 Å². The van der Waals surface area contributed by atoms with Crippen LogP contribution in [0.25, 0.3) is 0 Å². The number of nitro groups is 1. The predicted molar refractivity (Wildman–Crippen MR) is 83.3 cm³/mol. The first-order chi connectivity index (χ1) is 10.1. The number of benzene rings is 2. The van der Waals surface area contributed by atoms with Crippen LogP contribution in [0.3, 0.4) is 0 Å². The summed E-state index contributed by atoms with van der Waals surface area (Å²) < 4.78 is 0. The molecule has 2 aromatic rings. The zero-order valence-corrected chi connectivity index (χ0v) is 11.6. The Kier molecular flexibility index (Phi) is 3.48. The number of nitrogens with one attached hydrogen (secondary N) is 1. The topological polar surface area (TPSA) is 81.2 Å². The molecule has 1 aliphatic carbocycles. The number of para-hydroxylation sites is 2. The molecule has 0 aromatic heterocycles. The second-order valence-electron chi connectivity index (χ2n) is 5.32. The molecule has 3 N–H and O–H groups in total. The molecule has 0 aliphatic heterocycles. The van der Waals surface area contributed by atoms with E-state index in [0.29, 0.717) is 5.69 Å². The second kappa shape index (κ2) is 5.44. The Hall–Kier alpha value is -2.56. The normalized spacial score (nSPS) is 17.0. The van der Waals surface area contributed by atoms with Crippen LogP contribution in [0.2, 0.25) is 0 Å². The van der Waals surface area contributed by atoms with E-state index in [1.54, 1.807) is 12.1 Å². The molecule has 1 aliphatic rings. The van der Waals surface area contributed by atoms with Crippen LogP contribution in [0, 0.1) is 10.1 Å². The summed E-state index contributed by atoms with van der Waals surface area (Å²) in [6.45, 7) is 0. The fraction of sp³-hybridized carbons (Fsp3) is 0.250. The fourth-order valence-corrected chi connectivity index (χ4v) is 2.93. The Morgan fingerprint density at radius 2 is 2.05 bits per heavy atom. The molecule has 1 atom stereocenters. The quantitative estimate of drug-likeness (QED) is 0.511. The van der Waals surface area contributed by atoms with Gasteiger partial charge < -0.3 is 11.1 Å². The molecule has 5 heteroatoms. The standard InChI is InChI=1S/C16H17N3O2/c17-12-8-9-13-11(10-12)4-3-6-14(13)18-15-5-1-2-7-16(15)19(20)21/h1-2,5,7-10,14,18H,3-4,6,17H2. The molecule has 0 radical (unpaired) electrons. The number of nitrogen functional groups attached to an aromatic ring is 1. The molecule has 108 valence electrons. The maximum atomic E-state index is 11.1. The Bertz CT molecular complexity index is 685. The number of hydrogen-bond donors (Lipinski definition) is 2. The highest BCUT2D eigenvalue weighted by atomic mass is 16.6. The minimum Gasteiger partial charge on any atom is -0.399 e. The lowest BCUT2D eigenvalue weighted by atomic mass is 9.87. The van der Waals surface area contributed by atoms with Gasteiger partial charge >= 0.3 is 0 Å². The van der Waals surface area contributed by atoms with Gasteiger partial charge in [-0.1, -0.05) is 18.2 Å². The van der Waals surface area contributed by atoms with E-state index >= 15 is 0 Å². The van der Waals surface area contributed by atoms with E-state index in [9.17, 15) is 10.1 Å². The Morgan fingerprint density at radius 3 is 2.86 bits per heavy atom. The van der Waals surface area contributed by atoms with Gasteiger partial charge in [-0.15, -0.1) is 0 Å². The first-order valence-electron chi connectivity index (χ1n) is 7.03. The van der Waals surface area contributed by atoms with E-state index in [-0.39, 0.29) is 16.7 Å². The van der Waals surface area contributed by atoms with Gasteiger partial charge in [0, 0.05) is 11.8 Å². The first kappa shape index (κ1) is 13.4. The average Bonchev–Trinajstić information content (AvgIpc) is 2.47. The van der Waals surface area contributed by atoms with Gasteiger partial charge in [0.05, 0.1) is 11.0 Å². The molecule has 1 unspecified atom stereocenters. The predicted octanol–water partition coefficient (Wildman–Crippen LogP) is 3.67. The van der Waals surface area contributed by atoms with Crippen molar-refractivity contribution in [3.63, 3.8) is 0 Å². The van der Waals surface area contributed by atoms with Gasteiger partial charge in [0.15, 0.2) is 0 Å². The van der Waals surface area contributed by atoms with Crippen LogP contribution in [-0.4, -0.2) is 4.92 Å². The molecule has 0 bridgehead atoms. The van der Waals surface area contributed by atoms with E-state index in [2.05, 4.69) is 5.32 Å². The molecule has 5 nitrogen and oxygen atoms in total. The lowest BCUT2D eigenvalue weighted by Gasteiger charge is -2.27. The SMILES string of the molecule is Nc1ccc2c(c1)CCCC2Nc1ccccc1[N+](=O)[O-]. The molecule has 0 heterocycles. The van der Waals surface area contributed by atoms with Crippen molar-refractivity contribution < 1.29 is 4.92 Å². The lowest BCUT2D eigenvalue weighted by Crippen LogP contribution is -2.18. The molecule has 0 amide bonds. The smallest absolute Gasteiger partial charge is 0.292 e. The summed E-state index contributed by atoms with van der Waals surface area (Å²) in [7, 11) is 0. The van der Waals surface area contributed by atoms with Crippen LogP contribution >= 0.6 is 0 Å². The number of nitrogens with zero attached hydrogens (tertiary/aromatic N) is 1. The monoisotopic (exact) mass is 283 g/mol. The molecule has 21 heavy (non-hydrogen) atoms. The number of aryl methyl sites for hydroxylation is 1. The van der Waals surface area contributed by atoms with Crippen LogP contribution in [-0.2, 0) is 6.42 Å². The van der Waals surface area contributed by atoms with Gasteiger partial charge in [-0.25, -0.2) is 0 Å². The summed E-state index contributed by atoms with van der Waals surface area (Å²) in [5.41, 5.74) is 9.70. The highest BCUT2D eigenvalue weighted by molar-refractivity contribution is 5.62. The van der Waals surface area contributed by atoms with E-state index in [1.165, 1.54) is 17.2 Å². The van der Waals surface area contributed by atoms with Crippen molar-refractivity contribution in [2.75, 3.05) is 11.1 Å².